The number of amides is 3. The van der Waals surface area contributed by atoms with Crippen molar-refractivity contribution in [1.29, 1.82) is 0 Å². The molecule has 1 aliphatic rings. The predicted molar refractivity (Wildman–Crippen MR) is 85.2 cm³/mol. The molecule has 8 heteroatoms. The zero-order chi connectivity index (χ0) is 17.3. The largest absolute Gasteiger partial charge is 0.497 e. The Balaban J connectivity index is 1.84. The molecule has 0 bridgehead atoms. The molecule has 1 fully saturated rings. The smallest absolute Gasteiger partial charge is 0.330 e. The van der Waals surface area contributed by atoms with E-state index < -0.39 is 11.6 Å². The van der Waals surface area contributed by atoms with E-state index in [1.807, 2.05) is 0 Å². The van der Waals surface area contributed by atoms with Gasteiger partial charge in [-0.25, -0.2) is 19.7 Å². The van der Waals surface area contributed by atoms with Crippen molar-refractivity contribution in [3.05, 3.63) is 36.7 Å². The fourth-order valence-electron chi connectivity index (χ4n) is 2.23. The van der Waals surface area contributed by atoms with Crippen LogP contribution in [0.15, 0.2) is 36.7 Å². The lowest BCUT2D eigenvalue weighted by Crippen LogP contribution is -2.40. The maximum absolute atomic E-state index is 12.3. The average Bonchev–Trinajstić information content (AvgIpc) is 2.76. The van der Waals surface area contributed by atoms with Crippen LogP contribution in [0.3, 0.4) is 0 Å². The molecule has 1 N–H and O–H groups in total. The summed E-state index contributed by atoms with van der Waals surface area (Å²) in [7, 11) is 1.58. The van der Waals surface area contributed by atoms with Gasteiger partial charge in [0.15, 0.2) is 5.82 Å². The van der Waals surface area contributed by atoms with Gasteiger partial charge in [0, 0.05) is 6.07 Å². The average molecular weight is 328 g/mol. The molecule has 0 spiro atoms. The quantitative estimate of drug-likeness (QED) is 0.864. The molecule has 2 aromatic rings. The van der Waals surface area contributed by atoms with E-state index in [1.165, 1.54) is 12.4 Å². The molecular formula is C16H16N4O4. The van der Waals surface area contributed by atoms with Crippen LogP contribution < -0.4 is 19.7 Å². The lowest BCUT2D eigenvalue weighted by molar-refractivity contribution is -0.121. The maximum Gasteiger partial charge on any atom is 0.330 e. The van der Waals surface area contributed by atoms with Gasteiger partial charge in [-0.3, -0.25) is 4.79 Å². The van der Waals surface area contributed by atoms with E-state index in [0.29, 0.717) is 11.5 Å². The number of ether oxygens (including phenoxy) is 2. The monoisotopic (exact) mass is 328 g/mol. The highest BCUT2D eigenvalue weighted by Gasteiger charge is 2.45. The summed E-state index contributed by atoms with van der Waals surface area (Å²) in [6.45, 7) is 3.26. The zero-order valence-corrected chi connectivity index (χ0v) is 13.4. The van der Waals surface area contributed by atoms with Gasteiger partial charge in [0.05, 0.1) is 7.11 Å². The molecule has 3 rings (SSSR count). The summed E-state index contributed by atoms with van der Waals surface area (Å²) in [6.07, 6.45) is 1.24. The molecule has 8 nitrogen and oxygen atoms in total. The summed E-state index contributed by atoms with van der Waals surface area (Å²) < 4.78 is 10.7. The number of nitrogens with zero attached hydrogens (tertiary/aromatic N) is 3. The van der Waals surface area contributed by atoms with Gasteiger partial charge in [0.1, 0.15) is 23.4 Å². The SMILES string of the molecule is COc1ccc(Oc2cc(N3C(=O)NC(C)(C)C3=O)ncn2)cc1. The maximum atomic E-state index is 12.3. The Morgan fingerprint density at radius 1 is 1.08 bits per heavy atom. The third kappa shape index (κ3) is 2.85. The third-order valence-corrected chi connectivity index (χ3v) is 3.50. The molecule has 1 saturated heterocycles. The normalized spacial score (nSPS) is 16.0. The molecule has 24 heavy (non-hydrogen) atoms. The van der Waals surface area contributed by atoms with E-state index in [-0.39, 0.29) is 17.6 Å². The van der Waals surface area contributed by atoms with E-state index >= 15 is 0 Å². The van der Waals surface area contributed by atoms with E-state index in [2.05, 4.69) is 15.3 Å². The fraction of sp³-hybridized carbons (Fsp3) is 0.250. The van der Waals surface area contributed by atoms with Gasteiger partial charge >= 0.3 is 6.03 Å². The molecule has 0 unspecified atom stereocenters. The van der Waals surface area contributed by atoms with Crippen molar-refractivity contribution in [2.24, 2.45) is 0 Å². The first-order chi connectivity index (χ1) is 11.4. The molecule has 1 aliphatic heterocycles. The van der Waals surface area contributed by atoms with Crippen molar-refractivity contribution >= 4 is 17.8 Å². The predicted octanol–water partition coefficient (Wildman–Crippen LogP) is 2.11. The molecule has 124 valence electrons. The number of carbonyl (C=O) groups excluding carboxylic acids is 2. The molecule has 0 aliphatic carbocycles. The first kappa shape index (κ1) is 15.7. The van der Waals surface area contributed by atoms with Crippen LogP contribution in [0.4, 0.5) is 10.6 Å². The number of hydrogen-bond donors (Lipinski definition) is 1. The topological polar surface area (TPSA) is 93.7 Å². The van der Waals surface area contributed by atoms with Crippen LogP contribution >= 0.6 is 0 Å². The van der Waals surface area contributed by atoms with E-state index in [0.717, 1.165) is 4.90 Å². The number of hydrogen-bond acceptors (Lipinski definition) is 6. The van der Waals surface area contributed by atoms with Crippen LogP contribution in [0.5, 0.6) is 17.4 Å². The number of imide groups is 1. The number of methoxy groups -OCH3 is 1. The molecule has 0 saturated carbocycles. The minimum atomic E-state index is -0.973. The van der Waals surface area contributed by atoms with Crippen LogP contribution in [0.1, 0.15) is 13.8 Å². The fourth-order valence-corrected chi connectivity index (χ4v) is 2.23. The van der Waals surface area contributed by atoms with Crippen molar-refractivity contribution in [2.45, 2.75) is 19.4 Å². The lowest BCUT2D eigenvalue weighted by atomic mass is 10.1. The van der Waals surface area contributed by atoms with Gasteiger partial charge in [-0.15, -0.1) is 0 Å². The Bertz CT molecular complexity index is 789. The Labute approximate surface area is 138 Å². The van der Waals surface area contributed by atoms with E-state index in [9.17, 15) is 9.59 Å². The molecule has 3 amide bonds. The number of rotatable bonds is 4. The molecule has 2 heterocycles. The van der Waals surface area contributed by atoms with Gasteiger partial charge in [0.25, 0.3) is 5.91 Å². The van der Waals surface area contributed by atoms with Crippen molar-refractivity contribution in [3.63, 3.8) is 0 Å². The number of aromatic nitrogens is 2. The van der Waals surface area contributed by atoms with Crippen molar-refractivity contribution in [2.75, 3.05) is 12.0 Å². The molecule has 1 aromatic carbocycles. The Kier molecular flexibility index (Phi) is 3.80. The second-order valence-electron chi connectivity index (χ2n) is 5.69. The van der Waals surface area contributed by atoms with Crippen molar-refractivity contribution in [1.82, 2.24) is 15.3 Å². The number of nitrogens with one attached hydrogen (secondary N) is 1. The molecule has 0 atom stereocenters. The summed E-state index contributed by atoms with van der Waals surface area (Å²) in [5, 5.41) is 2.60. The van der Waals surface area contributed by atoms with Crippen LogP contribution in [-0.2, 0) is 4.79 Å². The first-order valence-corrected chi connectivity index (χ1v) is 7.21. The van der Waals surface area contributed by atoms with Gasteiger partial charge < -0.3 is 14.8 Å². The van der Waals surface area contributed by atoms with Crippen molar-refractivity contribution in [3.8, 4) is 17.4 Å². The lowest BCUT2D eigenvalue weighted by Gasteiger charge is -2.15. The summed E-state index contributed by atoms with van der Waals surface area (Å²) in [5.41, 5.74) is -0.973. The number of carbonyl (C=O) groups is 2. The zero-order valence-electron chi connectivity index (χ0n) is 13.4. The Morgan fingerprint density at radius 2 is 1.75 bits per heavy atom. The number of urea groups is 1. The summed E-state index contributed by atoms with van der Waals surface area (Å²) in [6, 6.07) is 7.84. The number of benzene rings is 1. The van der Waals surface area contributed by atoms with Crippen LogP contribution in [-0.4, -0.2) is 34.6 Å². The van der Waals surface area contributed by atoms with Crippen molar-refractivity contribution < 1.29 is 19.1 Å². The van der Waals surface area contributed by atoms with E-state index in [4.69, 9.17) is 9.47 Å². The Hall–Kier alpha value is -3.16. The molecule has 0 radical (unpaired) electrons. The van der Waals surface area contributed by atoms with E-state index in [1.54, 1.807) is 45.2 Å². The second-order valence-corrected chi connectivity index (χ2v) is 5.69. The molecular weight excluding hydrogens is 312 g/mol. The Morgan fingerprint density at radius 3 is 2.33 bits per heavy atom. The highest BCUT2D eigenvalue weighted by atomic mass is 16.5. The van der Waals surface area contributed by atoms with Crippen LogP contribution in [0, 0.1) is 0 Å². The minimum absolute atomic E-state index is 0.154. The van der Waals surface area contributed by atoms with Gasteiger partial charge in [0.2, 0.25) is 5.88 Å². The second kappa shape index (κ2) is 5.80. The van der Waals surface area contributed by atoms with Gasteiger partial charge in [-0.05, 0) is 38.1 Å². The number of anilines is 1. The third-order valence-electron chi connectivity index (χ3n) is 3.50. The van der Waals surface area contributed by atoms with Crippen LogP contribution in [0.2, 0.25) is 0 Å². The first-order valence-electron chi connectivity index (χ1n) is 7.21. The van der Waals surface area contributed by atoms with Gasteiger partial charge in [-0.1, -0.05) is 0 Å². The highest BCUT2D eigenvalue weighted by Crippen LogP contribution is 2.27. The van der Waals surface area contributed by atoms with Crippen LogP contribution in [0.25, 0.3) is 0 Å². The highest BCUT2D eigenvalue weighted by molar-refractivity contribution is 6.22. The summed E-state index contributed by atoms with van der Waals surface area (Å²) >= 11 is 0. The van der Waals surface area contributed by atoms with Gasteiger partial charge in [-0.2, -0.15) is 0 Å². The summed E-state index contributed by atoms with van der Waals surface area (Å²) in [5.74, 6) is 1.23. The summed E-state index contributed by atoms with van der Waals surface area (Å²) in [4.78, 5) is 33.3. The standard InChI is InChI=1S/C16H16N4O4/c1-16(2)14(21)20(15(22)19-16)12-8-13(18-9-17-12)24-11-6-4-10(23-3)5-7-11/h4-9H,1-3H3,(H,19,22). The minimum Gasteiger partial charge on any atom is -0.497 e. The molecule has 1 aromatic heterocycles.